The van der Waals surface area contributed by atoms with Crippen LogP contribution in [0.2, 0.25) is 0 Å². The molecule has 0 saturated heterocycles. The summed E-state index contributed by atoms with van der Waals surface area (Å²) >= 11 is 0. The first kappa shape index (κ1) is 20.1. The summed E-state index contributed by atoms with van der Waals surface area (Å²) in [5.74, 6) is -2.05. The Morgan fingerprint density at radius 3 is 2.65 bits per heavy atom. The molecule has 0 bridgehead atoms. The lowest BCUT2D eigenvalue weighted by Gasteiger charge is -2.40. The quantitative estimate of drug-likeness (QED) is 0.706. The van der Waals surface area contributed by atoms with Crippen LogP contribution in [0.15, 0.2) is 40.5 Å². The number of fused-ring (bicyclic) bond motifs is 3. The van der Waals surface area contributed by atoms with Gasteiger partial charge in [-0.2, -0.15) is 5.10 Å². The number of amides is 1. The van der Waals surface area contributed by atoms with Crippen LogP contribution in [0.1, 0.15) is 42.6 Å². The summed E-state index contributed by atoms with van der Waals surface area (Å²) in [7, 11) is -2.05. The molecule has 1 N–H and O–H groups in total. The van der Waals surface area contributed by atoms with Crippen LogP contribution in [0.3, 0.4) is 0 Å². The summed E-state index contributed by atoms with van der Waals surface area (Å²) in [4.78, 5) is 20.4. The Hall–Kier alpha value is -2.79. The first-order valence-electron chi connectivity index (χ1n) is 10.0. The van der Waals surface area contributed by atoms with Gasteiger partial charge in [-0.05, 0) is 44.9 Å². The van der Waals surface area contributed by atoms with Crippen molar-refractivity contribution in [1.82, 2.24) is 19.4 Å². The molecule has 9 nitrogen and oxygen atoms in total. The molecule has 11 heteroatoms. The molecule has 1 atom stereocenters. The van der Waals surface area contributed by atoms with Gasteiger partial charge < -0.3 is 0 Å². The molecule has 31 heavy (non-hydrogen) atoms. The molecule has 3 aliphatic rings. The van der Waals surface area contributed by atoms with Crippen molar-refractivity contribution >= 4 is 27.6 Å². The third-order valence-corrected chi connectivity index (χ3v) is 7.53. The minimum absolute atomic E-state index is 0.0193. The highest BCUT2D eigenvalue weighted by molar-refractivity contribution is 7.89. The highest BCUT2D eigenvalue weighted by atomic mass is 32.2. The van der Waals surface area contributed by atoms with E-state index in [2.05, 4.69) is 14.8 Å². The van der Waals surface area contributed by atoms with E-state index in [1.807, 2.05) is 6.92 Å². The fraction of sp³-hybridized carbons (Fsp3) is 0.450. The highest BCUT2D eigenvalue weighted by Gasteiger charge is 2.49. The zero-order valence-electron chi connectivity index (χ0n) is 17.5. The van der Waals surface area contributed by atoms with E-state index in [-0.39, 0.29) is 29.5 Å². The Kier molecular flexibility index (Phi) is 4.13. The highest BCUT2D eigenvalue weighted by Crippen LogP contribution is 2.40. The van der Waals surface area contributed by atoms with E-state index in [9.17, 15) is 13.2 Å². The number of carbonyl (C=O) groups excluding carboxylic acids is 1. The molecule has 0 radical (unpaired) electrons. The largest absolute Gasteiger partial charge is 0.276 e. The predicted octanol–water partition coefficient (Wildman–Crippen LogP) is 1.77. The van der Waals surface area contributed by atoms with Crippen molar-refractivity contribution < 1.29 is 17.6 Å². The molecule has 1 saturated carbocycles. The average Bonchev–Trinajstić information content (AvgIpc) is 3.11. The standard InChI is InChI=1S/C20H23FN6O3S/c1-19(6-7-19)24-31(29,30)14-4-5-16-15(8-14)17(28)26(11-13-9-23-25(3)10-13)18-22-12-20(2,21)27(16)18/h4-5,8-10,24H,6-7,11-12H2,1-3H3/t20-/m1/s1. The maximum atomic E-state index is 15.4. The van der Waals surface area contributed by atoms with E-state index in [0.29, 0.717) is 5.69 Å². The second kappa shape index (κ2) is 6.36. The third kappa shape index (κ3) is 3.32. The Balaban J connectivity index is 1.58. The van der Waals surface area contributed by atoms with Crippen molar-refractivity contribution in [2.24, 2.45) is 12.0 Å². The number of aryl methyl sites for hydroxylation is 1. The molecule has 3 heterocycles. The van der Waals surface area contributed by atoms with Crippen molar-refractivity contribution in [3.05, 3.63) is 41.7 Å². The molecule has 1 aromatic heterocycles. The number of nitrogens with one attached hydrogen (secondary N) is 1. The molecule has 1 amide bonds. The molecule has 1 aromatic carbocycles. The van der Waals surface area contributed by atoms with Gasteiger partial charge in [0.2, 0.25) is 21.8 Å². The number of aliphatic imine (C=N–C) groups is 1. The van der Waals surface area contributed by atoms with E-state index in [0.717, 1.165) is 18.4 Å². The van der Waals surface area contributed by atoms with Crippen LogP contribution >= 0.6 is 0 Å². The molecule has 2 aliphatic heterocycles. The van der Waals surface area contributed by atoms with Crippen LogP contribution in [0, 0.1) is 0 Å². The fourth-order valence-corrected chi connectivity index (χ4v) is 5.46. The second-order valence-corrected chi connectivity index (χ2v) is 10.5. The number of carbonyl (C=O) groups is 1. The van der Waals surface area contributed by atoms with Crippen LogP contribution in [0.25, 0.3) is 0 Å². The summed E-state index contributed by atoms with van der Waals surface area (Å²) in [6.45, 7) is 3.25. The van der Waals surface area contributed by atoms with Gasteiger partial charge in [0.1, 0.15) is 0 Å². The van der Waals surface area contributed by atoms with Gasteiger partial charge >= 0.3 is 0 Å². The van der Waals surface area contributed by atoms with Crippen molar-refractivity contribution in [2.45, 2.75) is 49.5 Å². The molecule has 2 aromatic rings. The number of nitrogens with zero attached hydrogens (tertiary/aromatic N) is 5. The zero-order chi connectivity index (χ0) is 22.2. The SMILES string of the molecule is Cn1cc(CN2C(=O)c3cc(S(=O)(=O)NC4(C)CC4)ccc3N3C2=NC[C@]3(C)F)cn1. The number of sulfonamides is 1. The Labute approximate surface area is 179 Å². The minimum Gasteiger partial charge on any atom is -0.276 e. The van der Waals surface area contributed by atoms with Gasteiger partial charge in [0.25, 0.3) is 5.91 Å². The van der Waals surface area contributed by atoms with Gasteiger partial charge in [-0.1, -0.05) is 0 Å². The number of guanidine groups is 1. The molecular weight excluding hydrogens is 423 g/mol. The average molecular weight is 447 g/mol. The van der Waals surface area contributed by atoms with Crippen molar-refractivity contribution in [2.75, 3.05) is 11.4 Å². The smallest absolute Gasteiger partial charge is 0.263 e. The van der Waals surface area contributed by atoms with E-state index < -0.39 is 27.3 Å². The normalized spacial score (nSPS) is 24.1. The van der Waals surface area contributed by atoms with E-state index in [4.69, 9.17) is 0 Å². The van der Waals surface area contributed by atoms with Gasteiger partial charge in [-0.3, -0.25) is 19.3 Å². The maximum absolute atomic E-state index is 15.4. The Bertz CT molecular complexity index is 1230. The van der Waals surface area contributed by atoms with Crippen LogP contribution < -0.4 is 9.62 Å². The van der Waals surface area contributed by atoms with Gasteiger partial charge in [-0.25, -0.2) is 22.5 Å². The van der Waals surface area contributed by atoms with E-state index in [1.54, 1.807) is 24.1 Å². The summed E-state index contributed by atoms with van der Waals surface area (Å²) in [5.41, 5.74) is 0.737. The fourth-order valence-electron chi connectivity index (χ4n) is 3.97. The number of hydrogen-bond acceptors (Lipinski definition) is 6. The lowest BCUT2D eigenvalue weighted by molar-refractivity contribution is 0.0828. The number of benzene rings is 1. The minimum atomic E-state index is -3.81. The molecule has 1 fully saturated rings. The van der Waals surface area contributed by atoms with E-state index >= 15 is 4.39 Å². The van der Waals surface area contributed by atoms with Gasteiger partial charge in [0, 0.05) is 24.3 Å². The topological polar surface area (TPSA) is 99.9 Å². The molecule has 1 aliphatic carbocycles. The van der Waals surface area contributed by atoms with Crippen LogP contribution in [-0.4, -0.2) is 52.8 Å². The monoisotopic (exact) mass is 446 g/mol. The number of anilines is 1. The molecule has 0 spiro atoms. The number of halogens is 1. The summed E-state index contributed by atoms with van der Waals surface area (Å²) in [5, 5.41) is 4.12. The first-order valence-corrected chi connectivity index (χ1v) is 11.5. The molecule has 164 valence electrons. The van der Waals surface area contributed by atoms with Gasteiger partial charge in [0.15, 0.2) is 0 Å². The zero-order valence-corrected chi connectivity index (χ0v) is 18.3. The summed E-state index contributed by atoms with van der Waals surface area (Å²) in [6.07, 6.45) is 4.92. The number of hydrogen-bond donors (Lipinski definition) is 1. The number of alkyl halides is 1. The number of aromatic nitrogens is 2. The van der Waals surface area contributed by atoms with Crippen LogP contribution in [0.5, 0.6) is 0 Å². The van der Waals surface area contributed by atoms with Crippen LogP contribution in [-0.2, 0) is 23.6 Å². The van der Waals surface area contributed by atoms with Crippen LogP contribution in [0.4, 0.5) is 10.1 Å². The summed E-state index contributed by atoms with van der Waals surface area (Å²) < 4.78 is 45.4. The first-order chi connectivity index (χ1) is 14.5. The molecular formula is C20H23FN6O3S. The predicted molar refractivity (Wildman–Crippen MR) is 112 cm³/mol. The Morgan fingerprint density at radius 1 is 1.26 bits per heavy atom. The number of rotatable bonds is 5. The molecule has 0 unspecified atom stereocenters. The van der Waals surface area contributed by atoms with Crippen molar-refractivity contribution in [3.8, 4) is 0 Å². The van der Waals surface area contributed by atoms with Gasteiger partial charge in [-0.15, -0.1) is 0 Å². The third-order valence-electron chi connectivity index (χ3n) is 5.89. The lowest BCUT2D eigenvalue weighted by atomic mass is 10.1. The second-order valence-electron chi connectivity index (χ2n) is 8.85. The van der Waals surface area contributed by atoms with Crippen molar-refractivity contribution in [1.29, 1.82) is 0 Å². The lowest BCUT2D eigenvalue weighted by Crippen LogP contribution is -2.55. The summed E-state index contributed by atoms with van der Waals surface area (Å²) in [6, 6.07) is 4.22. The van der Waals surface area contributed by atoms with E-state index in [1.165, 1.54) is 34.9 Å². The Morgan fingerprint density at radius 2 is 2.00 bits per heavy atom. The van der Waals surface area contributed by atoms with Crippen molar-refractivity contribution in [3.63, 3.8) is 0 Å². The molecule has 5 rings (SSSR count). The maximum Gasteiger partial charge on any atom is 0.263 e. The van der Waals surface area contributed by atoms with Gasteiger partial charge in [0.05, 0.1) is 35.4 Å².